The van der Waals surface area contributed by atoms with E-state index in [1.165, 1.54) is 0 Å². The molecule has 25 heavy (non-hydrogen) atoms. The van der Waals surface area contributed by atoms with Crippen LogP contribution in [0, 0.1) is 18.3 Å². The molecule has 0 aliphatic rings. The van der Waals surface area contributed by atoms with Crippen molar-refractivity contribution in [1.29, 1.82) is 5.26 Å². The molecule has 0 fully saturated rings. The molecule has 0 bridgehead atoms. The number of halogens is 2. The average Bonchev–Trinajstić information content (AvgIpc) is 2.58. The van der Waals surface area contributed by atoms with Crippen LogP contribution in [0.15, 0.2) is 48.5 Å². The normalized spacial score (nSPS) is 10.2. The van der Waals surface area contributed by atoms with Gasteiger partial charge in [-0.3, -0.25) is 0 Å². The fourth-order valence-corrected chi connectivity index (χ4v) is 2.58. The van der Waals surface area contributed by atoms with E-state index in [9.17, 15) is 0 Å². The Hall–Kier alpha value is -2.81. The van der Waals surface area contributed by atoms with Crippen LogP contribution in [-0.2, 0) is 0 Å². The van der Waals surface area contributed by atoms with Crippen molar-refractivity contribution in [1.82, 2.24) is 9.97 Å². The van der Waals surface area contributed by atoms with Crippen molar-refractivity contribution < 1.29 is 0 Å². The van der Waals surface area contributed by atoms with Gasteiger partial charge in [0.2, 0.25) is 0 Å². The van der Waals surface area contributed by atoms with E-state index in [1.54, 1.807) is 49.4 Å². The molecule has 0 saturated heterocycles. The largest absolute Gasteiger partial charge is 0.340 e. The van der Waals surface area contributed by atoms with E-state index in [4.69, 9.17) is 28.5 Å². The summed E-state index contributed by atoms with van der Waals surface area (Å²) in [5.74, 6) is 1.76. The Labute approximate surface area is 155 Å². The summed E-state index contributed by atoms with van der Waals surface area (Å²) in [4.78, 5) is 8.72. The zero-order valence-corrected chi connectivity index (χ0v) is 14.7. The lowest BCUT2D eigenvalue weighted by Crippen LogP contribution is -2.02. The summed E-state index contributed by atoms with van der Waals surface area (Å²) in [6.45, 7) is 1.79. The summed E-state index contributed by atoms with van der Waals surface area (Å²) in [5.41, 5.74) is 1.99. The van der Waals surface area contributed by atoms with Crippen LogP contribution in [0.5, 0.6) is 0 Å². The minimum absolute atomic E-state index is 0.539. The maximum absolute atomic E-state index is 8.99. The van der Waals surface area contributed by atoms with Gasteiger partial charge in [-0.15, -0.1) is 0 Å². The minimum Gasteiger partial charge on any atom is -0.340 e. The Balaban J connectivity index is 1.87. The molecule has 2 N–H and O–H groups in total. The number of hydrogen-bond donors (Lipinski definition) is 2. The molecule has 3 rings (SSSR count). The third-order valence-electron chi connectivity index (χ3n) is 3.29. The molecule has 3 aromatic rings. The smallest absolute Gasteiger partial charge is 0.136 e. The average molecular weight is 370 g/mol. The van der Waals surface area contributed by atoms with Crippen LogP contribution in [0.2, 0.25) is 10.0 Å². The van der Waals surface area contributed by atoms with Gasteiger partial charge < -0.3 is 10.6 Å². The first-order valence-electron chi connectivity index (χ1n) is 7.38. The fraction of sp³-hybridized carbons (Fsp3) is 0.0556. The molecular weight excluding hydrogens is 357 g/mol. The molecule has 1 heterocycles. The van der Waals surface area contributed by atoms with Crippen molar-refractivity contribution >= 4 is 46.2 Å². The molecule has 0 amide bonds. The molecule has 5 nitrogen and oxygen atoms in total. The Bertz CT molecular complexity index is 966. The van der Waals surface area contributed by atoms with E-state index in [2.05, 4.69) is 26.7 Å². The second-order valence-electron chi connectivity index (χ2n) is 5.25. The molecule has 0 radical (unpaired) electrons. The minimum atomic E-state index is 0.539. The van der Waals surface area contributed by atoms with Gasteiger partial charge in [0.15, 0.2) is 0 Å². The second kappa shape index (κ2) is 7.39. The van der Waals surface area contributed by atoms with Gasteiger partial charge in [-0.1, -0.05) is 29.3 Å². The summed E-state index contributed by atoms with van der Waals surface area (Å²) in [6, 6.07) is 16.2. The number of hydrogen-bond acceptors (Lipinski definition) is 5. The van der Waals surface area contributed by atoms with Gasteiger partial charge in [-0.05, 0) is 43.3 Å². The highest BCUT2D eigenvalue weighted by Gasteiger charge is 2.07. The second-order valence-corrected chi connectivity index (χ2v) is 6.10. The highest BCUT2D eigenvalue weighted by Crippen LogP contribution is 2.28. The Morgan fingerprint density at radius 3 is 2.48 bits per heavy atom. The monoisotopic (exact) mass is 369 g/mol. The molecule has 0 atom stereocenters. The summed E-state index contributed by atoms with van der Waals surface area (Å²) < 4.78 is 0. The SMILES string of the molecule is Cc1nc(Nc2cccc(C#N)c2)cc(Nc2cc(Cl)ccc2Cl)n1. The van der Waals surface area contributed by atoms with Crippen LogP contribution < -0.4 is 10.6 Å². The predicted molar refractivity (Wildman–Crippen MR) is 101 cm³/mol. The first-order valence-corrected chi connectivity index (χ1v) is 8.14. The lowest BCUT2D eigenvalue weighted by molar-refractivity contribution is 1.06. The summed E-state index contributed by atoms with van der Waals surface area (Å²) >= 11 is 12.2. The van der Waals surface area contributed by atoms with Gasteiger partial charge in [0.05, 0.1) is 22.3 Å². The number of nitriles is 1. The van der Waals surface area contributed by atoms with E-state index in [0.717, 1.165) is 5.69 Å². The third kappa shape index (κ3) is 4.38. The van der Waals surface area contributed by atoms with Crippen LogP contribution >= 0.6 is 23.2 Å². The highest BCUT2D eigenvalue weighted by molar-refractivity contribution is 6.35. The Morgan fingerprint density at radius 2 is 1.72 bits per heavy atom. The fourth-order valence-electron chi connectivity index (χ4n) is 2.24. The molecule has 1 aromatic heterocycles. The van der Waals surface area contributed by atoms with Crippen molar-refractivity contribution in [2.45, 2.75) is 6.92 Å². The van der Waals surface area contributed by atoms with Gasteiger partial charge in [0.25, 0.3) is 0 Å². The van der Waals surface area contributed by atoms with Gasteiger partial charge in [-0.25, -0.2) is 9.97 Å². The van der Waals surface area contributed by atoms with Crippen LogP contribution in [0.25, 0.3) is 0 Å². The molecule has 0 aliphatic carbocycles. The number of benzene rings is 2. The number of anilines is 4. The molecule has 124 valence electrons. The quantitative estimate of drug-likeness (QED) is 0.639. The van der Waals surface area contributed by atoms with Crippen LogP contribution in [0.3, 0.4) is 0 Å². The number of nitrogens with zero attached hydrogens (tertiary/aromatic N) is 3. The summed E-state index contributed by atoms with van der Waals surface area (Å²) in [5, 5.41) is 16.4. The van der Waals surface area contributed by atoms with Gasteiger partial charge >= 0.3 is 0 Å². The van der Waals surface area contributed by atoms with Gasteiger partial charge in [0.1, 0.15) is 17.5 Å². The Morgan fingerprint density at radius 1 is 0.960 bits per heavy atom. The number of aryl methyl sites for hydroxylation is 1. The zero-order valence-electron chi connectivity index (χ0n) is 13.2. The standard InChI is InChI=1S/C18H13Cl2N5/c1-11-22-17(24-14-4-2-3-12(7-14)10-21)9-18(23-11)25-16-8-13(19)5-6-15(16)20/h2-9H,1H3,(H2,22,23,24,25). The lowest BCUT2D eigenvalue weighted by atomic mass is 10.2. The van der Waals surface area contributed by atoms with E-state index in [-0.39, 0.29) is 0 Å². The van der Waals surface area contributed by atoms with Crippen molar-refractivity contribution in [3.05, 3.63) is 70.0 Å². The molecule has 2 aromatic carbocycles. The molecule has 0 spiro atoms. The van der Waals surface area contributed by atoms with E-state index in [1.807, 2.05) is 6.07 Å². The summed E-state index contributed by atoms with van der Waals surface area (Å²) in [7, 11) is 0. The first kappa shape index (κ1) is 17.0. The first-order chi connectivity index (χ1) is 12.0. The molecular formula is C18H13Cl2N5. The maximum Gasteiger partial charge on any atom is 0.136 e. The van der Waals surface area contributed by atoms with Crippen molar-refractivity contribution in [3.8, 4) is 6.07 Å². The van der Waals surface area contributed by atoms with Gasteiger partial charge in [-0.2, -0.15) is 5.26 Å². The zero-order chi connectivity index (χ0) is 17.8. The van der Waals surface area contributed by atoms with Crippen LogP contribution in [0.1, 0.15) is 11.4 Å². The van der Waals surface area contributed by atoms with Crippen molar-refractivity contribution in [2.75, 3.05) is 10.6 Å². The van der Waals surface area contributed by atoms with E-state index < -0.39 is 0 Å². The number of aromatic nitrogens is 2. The lowest BCUT2D eigenvalue weighted by Gasteiger charge is -2.11. The highest BCUT2D eigenvalue weighted by atomic mass is 35.5. The summed E-state index contributed by atoms with van der Waals surface area (Å²) in [6.07, 6.45) is 0. The van der Waals surface area contributed by atoms with Crippen LogP contribution in [-0.4, -0.2) is 9.97 Å². The topological polar surface area (TPSA) is 73.6 Å². The molecule has 0 saturated carbocycles. The predicted octanol–water partition coefficient (Wildman–Crippen LogP) is 5.45. The maximum atomic E-state index is 8.99. The molecule has 7 heteroatoms. The number of nitrogens with one attached hydrogen (secondary N) is 2. The van der Waals surface area contributed by atoms with Gasteiger partial charge in [0, 0.05) is 16.8 Å². The molecule has 0 aliphatic heterocycles. The van der Waals surface area contributed by atoms with Crippen molar-refractivity contribution in [2.24, 2.45) is 0 Å². The Kier molecular flexibility index (Phi) is 5.03. The van der Waals surface area contributed by atoms with E-state index in [0.29, 0.717) is 38.8 Å². The number of rotatable bonds is 4. The molecule has 0 unspecified atom stereocenters. The third-order valence-corrected chi connectivity index (χ3v) is 3.86. The van der Waals surface area contributed by atoms with E-state index >= 15 is 0 Å². The van der Waals surface area contributed by atoms with Crippen LogP contribution in [0.4, 0.5) is 23.0 Å². The van der Waals surface area contributed by atoms with Crippen molar-refractivity contribution in [3.63, 3.8) is 0 Å².